The van der Waals surface area contributed by atoms with Crippen molar-refractivity contribution in [1.29, 1.82) is 0 Å². The van der Waals surface area contributed by atoms with Gasteiger partial charge in [0.2, 0.25) is 0 Å². The first-order valence-corrected chi connectivity index (χ1v) is 13.7. The van der Waals surface area contributed by atoms with Gasteiger partial charge in [-0.05, 0) is 34.4 Å². The molecule has 4 aromatic carbocycles. The molecule has 214 valence electrons. The molecule has 6 heteroatoms. The summed E-state index contributed by atoms with van der Waals surface area (Å²) in [5, 5.41) is 0. The molecule has 0 aliphatic rings. The van der Waals surface area contributed by atoms with Crippen LogP contribution >= 0.6 is 0 Å². The monoisotopic (exact) mass is 554 g/mol. The number of hydrogen-bond donors (Lipinski definition) is 0. The molecule has 0 amide bonds. The highest BCUT2D eigenvalue weighted by molar-refractivity contribution is 5.84. The third-order valence-electron chi connectivity index (χ3n) is 6.98. The van der Waals surface area contributed by atoms with E-state index in [1.165, 1.54) is 7.11 Å². The van der Waals surface area contributed by atoms with Gasteiger partial charge in [0, 0.05) is 13.0 Å². The van der Waals surface area contributed by atoms with Crippen LogP contribution in [0.15, 0.2) is 115 Å². The minimum Gasteiger partial charge on any atom is -0.497 e. The highest BCUT2D eigenvalue weighted by Crippen LogP contribution is 2.41. The van der Waals surface area contributed by atoms with E-state index in [-0.39, 0.29) is 31.7 Å². The Balaban J connectivity index is 1.54. The summed E-state index contributed by atoms with van der Waals surface area (Å²) in [6.45, 7) is 2.40. The minimum absolute atomic E-state index is 0.0135. The first kappa shape index (κ1) is 30.2. The molecule has 0 N–H and O–H groups in total. The molecule has 41 heavy (non-hydrogen) atoms. The highest BCUT2D eigenvalue weighted by atomic mass is 16.7. The van der Waals surface area contributed by atoms with Crippen LogP contribution in [0.25, 0.3) is 0 Å². The zero-order chi connectivity index (χ0) is 28.9. The second kappa shape index (κ2) is 15.3. The number of carbonyl (C=O) groups excluding carboxylic acids is 1. The quantitative estimate of drug-likeness (QED) is 0.118. The third-order valence-corrected chi connectivity index (χ3v) is 6.98. The minimum atomic E-state index is -0.891. The molecule has 6 nitrogen and oxygen atoms in total. The van der Waals surface area contributed by atoms with Gasteiger partial charge in [-0.15, -0.1) is 0 Å². The summed E-state index contributed by atoms with van der Waals surface area (Å²) < 4.78 is 28.9. The van der Waals surface area contributed by atoms with Crippen molar-refractivity contribution in [1.82, 2.24) is 0 Å². The molecule has 0 aliphatic heterocycles. The molecule has 0 heterocycles. The van der Waals surface area contributed by atoms with Gasteiger partial charge in [-0.3, -0.25) is 4.79 Å². The van der Waals surface area contributed by atoms with Crippen molar-refractivity contribution in [3.05, 3.63) is 138 Å². The Hall–Kier alpha value is -3.81. The maximum Gasteiger partial charge on any atom is 0.187 e. The molecule has 4 rings (SSSR count). The van der Waals surface area contributed by atoms with Crippen LogP contribution in [0.1, 0.15) is 29.2 Å². The predicted octanol–water partition coefficient (Wildman–Crippen LogP) is 6.41. The van der Waals surface area contributed by atoms with Crippen LogP contribution in [-0.4, -0.2) is 46.1 Å². The van der Waals surface area contributed by atoms with E-state index in [9.17, 15) is 4.79 Å². The lowest BCUT2D eigenvalue weighted by Gasteiger charge is -2.37. The van der Waals surface area contributed by atoms with Crippen LogP contribution in [-0.2, 0) is 35.9 Å². The lowest BCUT2D eigenvalue weighted by Crippen LogP contribution is -2.40. The molecule has 4 aromatic rings. The maximum atomic E-state index is 13.3. The van der Waals surface area contributed by atoms with Crippen molar-refractivity contribution in [2.75, 3.05) is 34.2 Å². The largest absolute Gasteiger partial charge is 0.497 e. The number of hydrogen-bond acceptors (Lipinski definition) is 6. The fraction of sp³-hybridized carbons (Fsp3) is 0.286. The van der Waals surface area contributed by atoms with Crippen LogP contribution in [0.2, 0.25) is 0 Å². The molecule has 0 bridgehead atoms. The van der Waals surface area contributed by atoms with E-state index in [0.29, 0.717) is 6.61 Å². The molecule has 0 spiro atoms. The molecule has 0 unspecified atom stereocenters. The van der Waals surface area contributed by atoms with Crippen LogP contribution in [0, 0.1) is 5.92 Å². The number of ether oxygens (including phenoxy) is 5. The maximum absolute atomic E-state index is 13.3. The number of ketones is 1. The van der Waals surface area contributed by atoms with E-state index in [1.807, 2.05) is 85.8 Å². The summed E-state index contributed by atoms with van der Waals surface area (Å²) in [7, 11) is 3.16. The molecule has 0 saturated carbocycles. The lowest BCUT2D eigenvalue weighted by atomic mass is 9.80. The fourth-order valence-electron chi connectivity index (χ4n) is 4.90. The van der Waals surface area contributed by atoms with E-state index in [0.717, 1.165) is 28.0 Å². The lowest BCUT2D eigenvalue weighted by molar-refractivity contribution is -0.154. The zero-order valence-corrected chi connectivity index (χ0v) is 23.9. The summed E-state index contributed by atoms with van der Waals surface area (Å²) in [5.41, 5.74) is 3.04. The standard InChI is InChI=1S/C35H38O6/c1-27(34(40-26-37-2)33(36)25-39-24-28-19-21-32(38-3)22-20-28)23-41-35(29-13-7-4-8-14-29,30-15-9-5-10-16-30)31-17-11-6-12-18-31/h4-22,27,34H,23-26H2,1-3H3/t27-,34+/m0/s1. The second-order valence-electron chi connectivity index (χ2n) is 9.87. The summed E-state index contributed by atoms with van der Waals surface area (Å²) in [6.07, 6.45) is -0.772. The number of benzene rings is 4. The Morgan fingerprint density at radius 3 is 1.71 bits per heavy atom. The van der Waals surface area contributed by atoms with Crippen molar-refractivity contribution in [2.24, 2.45) is 5.92 Å². The van der Waals surface area contributed by atoms with E-state index in [4.69, 9.17) is 23.7 Å². The van der Waals surface area contributed by atoms with Crippen molar-refractivity contribution >= 4 is 5.78 Å². The van der Waals surface area contributed by atoms with Crippen molar-refractivity contribution in [3.8, 4) is 5.75 Å². The number of methoxy groups -OCH3 is 2. The topological polar surface area (TPSA) is 63.2 Å². The summed E-state index contributed by atoms with van der Waals surface area (Å²) in [4.78, 5) is 13.3. The molecule has 2 atom stereocenters. The van der Waals surface area contributed by atoms with Gasteiger partial charge in [0.15, 0.2) is 5.78 Å². The smallest absolute Gasteiger partial charge is 0.187 e. The molecule has 0 radical (unpaired) electrons. The Kier molecular flexibility index (Phi) is 11.2. The van der Waals surface area contributed by atoms with Crippen molar-refractivity contribution in [2.45, 2.75) is 25.2 Å². The van der Waals surface area contributed by atoms with Crippen LogP contribution < -0.4 is 4.74 Å². The van der Waals surface area contributed by atoms with Gasteiger partial charge in [0.1, 0.15) is 30.9 Å². The molecular formula is C35H38O6. The molecule has 0 aliphatic carbocycles. The Bertz CT molecular complexity index is 1210. The highest BCUT2D eigenvalue weighted by Gasteiger charge is 2.39. The SMILES string of the molecule is COCO[C@@H](C(=O)COCc1ccc(OC)cc1)[C@@H](C)COC(c1ccccc1)(c1ccccc1)c1ccccc1. The van der Waals surface area contributed by atoms with Crippen molar-refractivity contribution < 1.29 is 28.5 Å². The first-order valence-electron chi connectivity index (χ1n) is 13.7. The fourth-order valence-corrected chi connectivity index (χ4v) is 4.90. The van der Waals surface area contributed by atoms with Gasteiger partial charge in [-0.1, -0.05) is 110 Å². The summed E-state index contributed by atoms with van der Waals surface area (Å²) >= 11 is 0. The van der Waals surface area contributed by atoms with Crippen LogP contribution in [0.4, 0.5) is 0 Å². The number of carbonyl (C=O) groups is 1. The average Bonchev–Trinajstić information content (AvgIpc) is 3.03. The van der Waals surface area contributed by atoms with Gasteiger partial charge in [0.05, 0.1) is 20.3 Å². The van der Waals surface area contributed by atoms with Gasteiger partial charge in [-0.25, -0.2) is 0 Å². The predicted molar refractivity (Wildman–Crippen MR) is 159 cm³/mol. The Labute approximate surface area is 242 Å². The van der Waals surface area contributed by atoms with Crippen LogP contribution in [0.3, 0.4) is 0 Å². The third kappa shape index (κ3) is 7.69. The molecule has 0 fully saturated rings. The van der Waals surface area contributed by atoms with E-state index in [1.54, 1.807) is 7.11 Å². The Morgan fingerprint density at radius 2 is 1.24 bits per heavy atom. The van der Waals surface area contributed by atoms with Gasteiger partial charge in [0.25, 0.3) is 0 Å². The van der Waals surface area contributed by atoms with Gasteiger partial charge in [-0.2, -0.15) is 0 Å². The molecular weight excluding hydrogens is 516 g/mol. The van der Waals surface area contributed by atoms with Crippen molar-refractivity contribution in [3.63, 3.8) is 0 Å². The second-order valence-corrected chi connectivity index (χ2v) is 9.87. The number of rotatable bonds is 16. The normalized spacial score (nSPS) is 13.0. The molecule has 0 aromatic heterocycles. The Morgan fingerprint density at radius 1 is 0.732 bits per heavy atom. The van der Waals surface area contributed by atoms with E-state index >= 15 is 0 Å². The van der Waals surface area contributed by atoms with Crippen LogP contribution in [0.5, 0.6) is 5.75 Å². The average molecular weight is 555 g/mol. The van der Waals surface area contributed by atoms with Gasteiger partial charge >= 0.3 is 0 Å². The van der Waals surface area contributed by atoms with E-state index in [2.05, 4.69) is 36.4 Å². The molecule has 0 saturated heterocycles. The summed E-state index contributed by atoms with van der Waals surface area (Å²) in [6, 6.07) is 38.0. The zero-order valence-electron chi connectivity index (χ0n) is 23.9. The number of Topliss-reactive ketones (excluding diaryl/α,β-unsaturated/α-hetero) is 1. The van der Waals surface area contributed by atoms with Gasteiger partial charge < -0.3 is 23.7 Å². The first-order chi connectivity index (χ1) is 20.1. The summed E-state index contributed by atoms with van der Waals surface area (Å²) in [5.74, 6) is 0.304. The van der Waals surface area contributed by atoms with E-state index < -0.39 is 11.7 Å².